The highest BCUT2D eigenvalue weighted by Gasteiger charge is 2.44. The number of hydrogen-bond acceptors (Lipinski definition) is 8. The van der Waals surface area contributed by atoms with Gasteiger partial charge in [-0.25, -0.2) is 15.0 Å². The molecule has 28 heavy (non-hydrogen) atoms. The maximum Gasteiger partial charge on any atom is 0.446 e. The van der Waals surface area contributed by atoms with Crippen LogP contribution in [0.15, 0.2) is 39.4 Å². The maximum atomic E-state index is 12.2. The van der Waals surface area contributed by atoms with Gasteiger partial charge in [0, 0.05) is 5.56 Å². The van der Waals surface area contributed by atoms with Gasteiger partial charge >= 0.3 is 17.8 Å². The number of aliphatic imine (C=N–C) groups is 2. The molecule has 1 atom stereocenters. The van der Waals surface area contributed by atoms with E-state index < -0.39 is 23.1 Å². The number of rotatable bonds is 4. The maximum absolute atomic E-state index is 12.2. The first kappa shape index (κ1) is 19.4. The summed E-state index contributed by atoms with van der Waals surface area (Å²) < 4.78 is 1.23. The van der Waals surface area contributed by atoms with Gasteiger partial charge < -0.3 is 5.11 Å². The first-order chi connectivity index (χ1) is 13.3. The fraction of sp³-hybridized carbons (Fsp3) is 0.235. The van der Waals surface area contributed by atoms with Crippen molar-refractivity contribution < 1.29 is 24.1 Å². The highest BCUT2D eigenvalue weighted by molar-refractivity contribution is 8.15. The molecular formula is C17H17N6O4S+. The molecule has 0 saturated heterocycles. The van der Waals surface area contributed by atoms with Crippen molar-refractivity contribution in [3.05, 3.63) is 29.8 Å². The van der Waals surface area contributed by atoms with E-state index in [2.05, 4.69) is 20.5 Å². The summed E-state index contributed by atoms with van der Waals surface area (Å²) in [7, 11) is 2.86. The van der Waals surface area contributed by atoms with E-state index >= 15 is 0 Å². The highest BCUT2D eigenvalue weighted by atomic mass is 32.2. The van der Waals surface area contributed by atoms with E-state index in [1.165, 1.54) is 31.0 Å². The second kappa shape index (κ2) is 7.72. The zero-order chi connectivity index (χ0) is 20.4. The summed E-state index contributed by atoms with van der Waals surface area (Å²) in [5.74, 6) is -0.734. The molecule has 0 aromatic heterocycles. The Morgan fingerprint density at radius 3 is 2.79 bits per heavy atom. The molecule has 2 heterocycles. The van der Waals surface area contributed by atoms with Crippen LogP contribution in [-0.4, -0.2) is 74.7 Å². The van der Waals surface area contributed by atoms with E-state index in [1.54, 1.807) is 25.1 Å². The molecule has 144 valence electrons. The van der Waals surface area contributed by atoms with Crippen LogP contribution in [0, 0.1) is 0 Å². The summed E-state index contributed by atoms with van der Waals surface area (Å²) >= 11 is 1.03. The summed E-state index contributed by atoms with van der Waals surface area (Å²) in [6, 6.07) is 6.07. The molecule has 0 spiro atoms. The fourth-order valence-corrected chi connectivity index (χ4v) is 3.13. The number of amides is 4. The van der Waals surface area contributed by atoms with Gasteiger partial charge in [-0.2, -0.15) is 19.6 Å². The van der Waals surface area contributed by atoms with Crippen molar-refractivity contribution in [1.82, 2.24) is 10.3 Å². The predicted molar refractivity (Wildman–Crippen MR) is 105 cm³/mol. The number of imide groups is 1. The SMILES string of the molecule is CC(SC1=NC2=[N+](C)C(=O)N(C)C(=O)C2=N1)C(=O)N/N=C/c1ccccc1O. The van der Waals surface area contributed by atoms with E-state index in [0.29, 0.717) is 5.56 Å². The molecule has 2 aliphatic heterocycles. The molecule has 0 radical (unpaired) electrons. The van der Waals surface area contributed by atoms with Gasteiger partial charge in [0.05, 0.1) is 25.6 Å². The summed E-state index contributed by atoms with van der Waals surface area (Å²) in [6.45, 7) is 1.63. The summed E-state index contributed by atoms with van der Waals surface area (Å²) in [6.07, 6.45) is 1.33. The van der Waals surface area contributed by atoms with Crippen LogP contribution < -0.4 is 5.43 Å². The topological polar surface area (TPSA) is 127 Å². The number of phenolic OH excluding ortho intramolecular Hbond substituents is 1. The molecule has 10 nitrogen and oxygen atoms in total. The summed E-state index contributed by atoms with van der Waals surface area (Å²) in [5, 5.41) is 13.1. The van der Waals surface area contributed by atoms with Gasteiger partial charge in [0.25, 0.3) is 11.1 Å². The Bertz CT molecular complexity index is 997. The standard InChI is InChI=1S/C17H16N6O4S/c1-9(14(25)21-18-8-10-6-4-5-7-11(10)24)28-16-19-12-13(20-16)22(2)17(27)23(3)15(12)26/h4-9H,1-3H3,(H,19,20,26)/p+1. The average Bonchev–Trinajstić information content (AvgIpc) is 3.10. The second-order valence-electron chi connectivity index (χ2n) is 5.94. The smallest absolute Gasteiger partial charge is 0.446 e. The summed E-state index contributed by atoms with van der Waals surface area (Å²) in [5.41, 5.74) is 2.91. The lowest BCUT2D eigenvalue weighted by molar-refractivity contribution is -0.401. The number of urea groups is 1. The highest BCUT2D eigenvalue weighted by Crippen LogP contribution is 2.20. The van der Waals surface area contributed by atoms with Gasteiger partial charge in [0.1, 0.15) is 5.75 Å². The van der Waals surface area contributed by atoms with Gasteiger partial charge in [0.2, 0.25) is 5.71 Å². The minimum Gasteiger partial charge on any atom is -0.507 e. The van der Waals surface area contributed by atoms with E-state index in [1.807, 2.05) is 0 Å². The first-order valence-corrected chi connectivity index (χ1v) is 9.05. The molecule has 1 unspecified atom stereocenters. The lowest BCUT2D eigenvalue weighted by atomic mass is 10.2. The van der Waals surface area contributed by atoms with Crippen molar-refractivity contribution in [2.24, 2.45) is 15.1 Å². The van der Waals surface area contributed by atoms with Crippen LogP contribution in [0.25, 0.3) is 0 Å². The molecule has 1 aromatic carbocycles. The third-order valence-corrected chi connectivity index (χ3v) is 4.95. The minimum absolute atomic E-state index is 0.0481. The van der Waals surface area contributed by atoms with Gasteiger partial charge in [-0.05, 0) is 19.1 Å². The van der Waals surface area contributed by atoms with Crippen LogP contribution in [-0.2, 0) is 9.59 Å². The van der Waals surface area contributed by atoms with Gasteiger partial charge in [-0.15, -0.1) is 0 Å². The molecule has 0 bridgehead atoms. The van der Waals surface area contributed by atoms with Crippen molar-refractivity contribution in [3.8, 4) is 5.75 Å². The Labute approximate surface area is 164 Å². The Hall–Kier alpha value is -3.34. The number of aromatic hydroxyl groups is 1. The predicted octanol–water partition coefficient (Wildman–Crippen LogP) is 0.407. The van der Waals surface area contributed by atoms with Gasteiger partial charge in [-0.3, -0.25) is 4.79 Å². The van der Waals surface area contributed by atoms with Crippen LogP contribution in [0.5, 0.6) is 5.75 Å². The van der Waals surface area contributed by atoms with Crippen molar-refractivity contribution in [1.29, 1.82) is 0 Å². The molecule has 1 aromatic rings. The third-order valence-electron chi connectivity index (χ3n) is 3.99. The van der Waals surface area contributed by atoms with Crippen molar-refractivity contribution >= 4 is 52.5 Å². The quantitative estimate of drug-likeness (QED) is 0.429. The molecule has 0 aliphatic carbocycles. The molecular weight excluding hydrogens is 384 g/mol. The number of nitrogens with zero attached hydrogens (tertiary/aromatic N) is 5. The fourth-order valence-electron chi connectivity index (χ4n) is 2.37. The molecule has 0 fully saturated rings. The molecule has 2 aliphatic rings. The zero-order valence-corrected chi connectivity index (χ0v) is 16.1. The number of benzene rings is 1. The van der Waals surface area contributed by atoms with Crippen LogP contribution in [0.4, 0.5) is 4.79 Å². The Kier molecular flexibility index (Phi) is 5.36. The number of nitrogens with one attached hydrogen (secondary N) is 1. The lowest BCUT2D eigenvalue weighted by Crippen LogP contribution is -2.51. The number of hydrazone groups is 1. The number of para-hydroxylation sites is 1. The number of carbonyl (C=O) groups is 3. The Morgan fingerprint density at radius 1 is 1.36 bits per heavy atom. The third kappa shape index (κ3) is 3.69. The Balaban J connectivity index is 1.65. The number of carbonyl (C=O) groups excluding carboxylic acids is 3. The van der Waals surface area contributed by atoms with Crippen molar-refractivity contribution in [2.75, 3.05) is 14.1 Å². The van der Waals surface area contributed by atoms with Crippen molar-refractivity contribution in [2.45, 2.75) is 12.2 Å². The number of amidine groups is 2. The first-order valence-electron chi connectivity index (χ1n) is 8.17. The molecule has 11 heteroatoms. The molecule has 4 amide bonds. The lowest BCUT2D eigenvalue weighted by Gasteiger charge is -2.15. The molecule has 2 N–H and O–H groups in total. The van der Waals surface area contributed by atoms with E-state index in [9.17, 15) is 19.5 Å². The van der Waals surface area contributed by atoms with Crippen LogP contribution in [0.3, 0.4) is 0 Å². The zero-order valence-electron chi connectivity index (χ0n) is 15.3. The molecule has 3 rings (SSSR count). The van der Waals surface area contributed by atoms with Gasteiger partial charge in [0.15, 0.2) is 0 Å². The van der Waals surface area contributed by atoms with E-state index in [-0.39, 0.29) is 22.5 Å². The number of phenols is 1. The number of thioether (sulfide) groups is 1. The second-order valence-corrected chi connectivity index (χ2v) is 7.25. The average molecular weight is 401 g/mol. The van der Waals surface area contributed by atoms with Crippen LogP contribution in [0.2, 0.25) is 0 Å². The minimum atomic E-state index is -0.612. The number of hydrogen-bond donors (Lipinski definition) is 2. The van der Waals surface area contributed by atoms with E-state index in [0.717, 1.165) is 16.7 Å². The largest absolute Gasteiger partial charge is 0.507 e. The molecule has 0 saturated carbocycles. The van der Waals surface area contributed by atoms with Gasteiger partial charge in [-0.1, -0.05) is 28.9 Å². The Morgan fingerprint density at radius 2 is 2.07 bits per heavy atom. The monoisotopic (exact) mass is 401 g/mol. The van der Waals surface area contributed by atoms with E-state index in [4.69, 9.17) is 0 Å². The van der Waals surface area contributed by atoms with Crippen LogP contribution >= 0.6 is 11.8 Å². The van der Waals surface area contributed by atoms with Crippen molar-refractivity contribution in [3.63, 3.8) is 0 Å². The normalized spacial score (nSPS) is 17.6. The summed E-state index contributed by atoms with van der Waals surface area (Å²) in [4.78, 5) is 45.6. The number of fused-ring (bicyclic) bond motifs is 1. The van der Waals surface area contributed by atoms with Crippen LogP contribution in [0.1, 0.15) is 12.5 Å².